The third-order valence-corrected chi connectivity index (χ3v) is 3.15. The predicted molar refractivity (Wildman–Crippen MR) is 65.6 cm³/mol. The van der Waals surface area contributed by atoms with Crippen LogP contribution in [-0.4, -0.2) is 35.0 Å². The lowest BCUT2D eigenvalue weighted by Crippen LogP contribution is -2.60. The lowest BCUT2D eigenvalue weighted by atomic mass is 9.89. The molecule has 0 spiro atoms. The van der Waals surface area contributed by atoms with Gasteiger partial charge in [0.2, 0.25) is 0 Å². The van der Waals surface area contributed by atoms with Crippen molar-refractivity contribution in [2.45, 2.75) is 63.6 Å². The van der Waals surface area contributed by atoms with Crippen LogP contribution in [0.4, 0.5) is 4.79 Å². The average molecular weight is 244 g/mol. The van der Waals surface area contributed by atoms with Crippen molar-refractivity contribution in [1.29, 1.82) is 0 Å². The van der Waals surface area contributed by atoms with E-state index in [0.717, 1.165) is 25.7 Å². The highest BCUT2D eigenvalue weighted by atomic mass is 16.6. The Morgan fingerprint density at radius 3 is 2.41 bits per heavy atom. The van der Waals surface area contributed by atoms with Gasteiger partial charge in [-0.15, -0.1) is 0 Å². The average Bonchev–Trinajstić information content (AvgIpc) is 2.63. The van der Waals surface area contributed by atoms with E-state index in [0.29, 0.717) is 0 Å². The Morgan fingerprint density at radius 1 is 1.47 bits per heavy atom. The van der Waals surface area contributed by atoms with Crippen LogP contribution in [-0.2, 0) is 4.74 Å². The summed E-state index contributed by atoms with van der Waals surface area (Å²) >= 11 is 0. The molecule has 1 rings (SSSR count). The van der Waals surface area contributed by atoms with Gasteiger partial charge in [0, 0.05) is 0 Å². The van der Waals surface area contributed by atoms with Gasteiger partial charge in [-0.2, -0.15) is 0 Å². The van der Waals surface area contributed by atoms with Crippen LogP contribution in [0.15, 0.2) is 0 Å². The molecule has 5 nitrogen and oxygen atoms in total. The highest BCUT2D eigenvalue weighted by Crippen LogP contribution is 2.32. The second-order valence-corrected chi connectivity index (χ2v) is 5.78. The summed E-state index contributed by atoms with van der Waals surface area (Å²) in [6.45, 7) is 5.33. The van der Waals surface area contributed by atoms with E-state index < -0.39 is 23.3 Å². The van der Waals surface area contributed by atoms with E-state index in [1.54, 1.807) is 0 Å². The molecule has 1 aliphatic carbocycles. The summed E-state index contributed by atoms with van der Waals surface area (Å²) in [5.74, 6) is 0. The lowest BCUT2D eigenvalue weighted by Gasteiger charge is -2.35. The topological polar surface area (TPSA) is 84.6 Å². The molecule has 0 radical (unpaired) electrons. The SMILES string of the molecule is CC(C)(C)OC(=O)NC1(C(N)CO)CCCC1. The van der Waals surface area contributed by atoms with Crippen LogP contribution >= 0.6 is 0 Å². The minimum Gasteiger partial charge on any atom is -0.444 e. The molecule has 0 aromatic heterocycles. The zero-order valence-corrected chi connectivity index (χ0v) is 11.0. The fourth-order valence-electron chi connectivity index (χ4n) is 2.28. The van der Waals surface area contributed by atoms with Crippen molar-refractivity contribution >= 4 is 6.09 Å². The largest absolute Gasteiger partial charge is 0.444 e. The van der Waals surface area contributed by atoms with E-state index in [-0.39, 0.29) is 6.61 Å². The highest BCUT2D eigenvalue weighted by Gasteiger charge is 2.41. The number of hydrogen-bond acceptors (Lipinski definition) is 4. The molecule has 1 fully saturated rings. The number of nitrogens with two attached hydrogens (primary N) is 1. The zero-order valence-electron chi connectivity index (χ0n) is 11.0. The summed E-state index contributed by atoms with van der Waals surface area (Å²) in [5, 5.41) is 12.0. The summed E-state index contributed by atoms with van der Waals surface area (Å²) in [6, 6.07) is -0.433. The van der Waals surface area contributed by atoms with Gasteiger partial charge in [0.15, 0.2) is 0 Å². The van der Waals surface area contributed by atoms with E-state index in [1.165, 1.54) is 0 Å². The lowest BCUT2D eigenvalue weighted by molar-refractivity contribution is 0.0419. The first-order chi connectivity index (χ1) is 7.79. The number of nitrogens with one attached hydrogen (secondary N) is 1. The smallest absolute Gasteiger partial charge is 0.408 e. The highest BCUT2D eigenvalue weighted by molar-refractivity contribution is 5.69. The first-order valence-electron chi connectivity index (χ1n) is 6.17. The molecule has 4 N–H and O–H groups in total. The molecule has 0 saturated heterocycles. The van der Waals surface area contributed by atoms with Crippen molar-refractivity contribution in [3.05, 3.63) is 0 Å². The van der Waals surface area contributed by atoms with Gasteiger partial charge in [0.05, 0.1) is 18.2 Å². The molecular formula is C12H24N2O3. The molecule has 1 saturated carbocycles. The van der Waals surface area contributed by atoms with Gasteiger partial charge in [-0.1, -0.05) is 12.8 Å². The first-order valence-corrected chi connectivity index (χ1v) is 6.17. The first kappa shape index (κ1) is 14.3. The Bertz CT molecular complexity index is 267. The Morgan fingerprint density at radius 2 is 2.00 bits per heavy atom. The number of hydrogen-bond donors (Lipinski definition) is 3. The van der Waals surface area contributed by atoms with Crippen molar-refractivity contribution in [3.63, 3.8) is 0 Å². The standard InChI is InChI=1S/C12H24N2O3/c1-11(2,3)17-10(16)14-12(9(13)8-15)6-4-5-7-12/h9,15H,4-8,13H2,1-3H3,(H,14,16). The number of carbonyl (C=O) groups is 1. The Labute approximate surface area is 103 Å². The van der Waals surface area contributed by atoms with Crippen LogP contribution in [0.2, 0.25) is 0 Å². The summed E-state index contributed by atoms with van der Waals surface area (Å²) < 4.78 is 5.23. The quantitative estimate of drug-likeness (QED) is 0.695. The van der Waals surface area contributed by atoms with Crippen LogP contribution in [0.3, 0.4) is 0 Å². The van der Waals surface area contributed by atoms with Gasteiger partial charge in [0.25, 0.3) is 0 Å². The van der Waals surface area contributed by atoms with Crippen molar-refractivity contribution in [1.82, 2.24) is 5.32 Å². The molecule has 0 bridgehead atoms. The number of amides is 1. The van der Waals surface area contributed by atoms with E-state index in [4.69, 9.17) is 10.5 Å². The summed E-state index contributed by atoms with van der Waals surface area (Å²) in [4.78, 5) is 11.8. The molecule has 100 valence electrons. The molecule has 1 aliphatic rings. The molecule has 0 aromatic carbocycles. The Hall–Kier alpha value is -0.810. The minimum atomic E-state index is -0.521. The van der Waals surface area contributed by atoms with Gasteiger partial charge >= 0.3 is 6.09 Å². The number of rotatable bonds is 3. The van der Waals surface area contributed by atoms with E-state index in [2.05, 4.69) is 5.32 Å². The normalized spacial score (nSPS) is 21.0. The molecule has 1 atom stereocenters. The maximum absolute atomic E-state index is 11.8. The second kappa shape index (κ2) is 5.23. The summed E-state index contributed by atoms with van der Waals surface area (Å²) in [7, 11) is 0. The molecular weight excluding hydrogens is 220 g/mol. The number of aliphatic hydroxyl groups is 1. The third-order valence-electron chi connectivity index (χ3n) is 3.15. The minimum absolute atomic E-state index is 0.129. The van der Waals surface area contributed by atoms with Crippen LogP contribution < -0.4 is 11.1 Å². The van der Waals surface area contributed by atoms with Crippen LogP contribution in [0.5, 0.6) is 0 Å². The van der Waals surface area contributed by atoms with Crippen LogP contribution in [0.1, 0.15) is 46.5 Å². The molecule has 1 unspecified atom stereocenters. The Kier molecular flexibility index (Phi) is 4.38. The van der Waals surface area contributed by atoms with Gasteiger partial charge in [-0.25, -0.2) is 4.79 Å². The third kappa shape index (κ3) is 3.85. The number of ether oxygens (including phenoxy) is 1. The second-order valence-electron chi connectivity index (χ2n) is 5.78. The predicted octanol–water partition coefficient (Wildman–Crippen LogP) is 1.14. The number of aliphatic hydroxyl groups excluding tert-OH is 1. The number of alkyl carbamates (subject to hydrolysis) is 1. The van der Waals surface area contributed by atoms with E-state index in [9.17, 15) is 9.90 Å². The molecule has 0 aliphatic heterocycles. The van der Waals surface area contributed by atoms with E-state index in [1.807, 2.05) is 20.8 Å². The fourth-order valence-corrected chi connectivity index (χ4v) is 2.28. The van der Waals surface area contributed by atoms with Gasteiger partial charge in [0.1, 0.15) is 5.60 Å². The van der Waals surface area contributed by atoms with Crippen molar-refractivity contribution in [2.75, 3.05) is 6.61 Å². The van der Waals surface area contributed by atoms with Crippen molar-refractivity contribution in [3.8, 4) is 0 Å². The van der Waals surface area contributed by atoms with Crippen molar-refractivity contribution < 1.29 is 14.6 Å². The molecule has 5 heteroatoms. The summed E-state index contributed by atoms with van der Waals surface area (Å²) in [5.41, 5.74) is 4.88. The fraction of sp³-hybridized carbons (Fsp3) is 0.917. The number of carbonyl (C=O) groups excluding carboxylic acids is 1. The molecule has 1 amide bonds. The zero-order chi connectivity index (χ0) is 13.1. The van der Waals surface area contributed by atoms with E-state index >= 15 is 0 Å². The van der Waals surface area contributed by atoms with Gasteiger partial charge < -0.3 is 20.9 Å². The van der Waals surface area contributed by atoms with Crippen molar-refractivity contribution in [2.24, 2.45) is 5.73 Å². The molecule has 0 aromatic rings. The monoisotopic (exact) mass is 244 g/mol. The maximum atomic E-state index is 11.8. The Balaban J connectivity index is 2.65. The van der Waals surface area contributed by atoms with Crippen LogP contribution in [0, 0.1) is 0 Å². The molecule has 17 heavy (non-hydrogen) atoms. The van der Waals surface area contributed by atoms with Gasteiger partial charge in [-0.05, 0) is 33.6 Å². The summed E-state index contributed by atoms with van der Waals surface area (Å²) in [6.07, 6.45) is 3.18. The maximum Gasteiger partial charge on any atom is 0.408 e. The molecule has 0 heterocycles. The van der Waals surface area contributed by atoms with Crippen LogP contribution in [0.25, 0.3) is 0 Å². The van der Waals surface area contributed by atoms with Gasteiger partial charge in [-0.3, -0.25) is 0 Å².